The van der Waals surface area contributed by atoms with E-state index in [0.717, 1.165) is 35.6 Å². The Morgan fingerprint density at radius 1 is 1.27 bits per heavy atom. The van der Waals surface area contributed by atoms with Crippen molar-refractivity contribution in [2.45, 2.75) is 25.8 Å². The normalized spacial score (nSPS) is 16.7. The standard InChI is InChI=1S/C19H20N6O/c1-13-12-15(9-10-20-13)21-19(26)25-11-5-8-16(25)18-22-17(23-24-18)14-6-3-2-4-7-14/h2-4,6-7,9-10,12,16H,5,8,11H2,1H3,(H,20,21,26)(H,22,23,24). The number of nitrogens with zero attached hydrogens (tertiary/aromatic N) is 4. The Morgan fingerprint density at radius 2 is 2.12 bits per heavy atom. The Bertz CT molecular complexity index is 907. The molecule has 1 saturated heterocycles. The van der Waals surface area contributed by atoms with Crippen molar-refractivity contribution >= 4 is 11.7 Å². The van der Waals surface area contributed by atoms with Gasteiger partial charge in [-0.05, 0) is 31.9 Å². The molecule has 4 rings (SSSR count). The summed E-state index contributed by atoms with van der Waals surface area (Å²) in [6.45, 7) is 2.59. The Balaban J connectivity index is 1.51. The van der Waals surface area contributed by atoms with E-state index in [-0.39, 0.29) is 12.1 Å². The Kier molecular flexibility index (Phi) is 4.35. The lowest BCUT2D eigenvalue weighted by molar-refractivity contribution is 0.205. The van der Waals surface area contributed by atoms with Gasteiger partial charge >= 0.3 is 6.03 Å². The third kappa shape index (κ3) is 3.28. The van der Waals surface area contributed by atoms with E-state index in [4.69, 9.17) is 0 Å². The number of nitrogens with one attached hydrogen (secondary N) is 2. The number of pyridine rings is 1. The zero-order valence-corrected chi connectivity index (χ0v) is 14.5. The predicted octanol–water partition coefficient (Wildman–Crippen LogP) is 3.54. The number of anilines is 1. The molecule has 0 bridgehead atoms. The number of benzene rings is 1. The number of carbonyl (C=O) groups is 1. The van der Waals surface area contributed by atoms with Crippen LogP contribution in [0.3, 0.4) is 0 Å². The fourth-order valence-electron chi connectivity index (χ4n) is 3.25. The van der Waals surface area contributed by atoms with Gasteiger partial charge in [0.05, 0.1) is 6.04 Å². The third-order valence-electron chi connectivity index (χ3n) is 4.51. The average Bonchev–Trinajstić information content (AvgIpc) is 3.32. The molecule has 2 N–H and O–H groups in total. The quantitative estimate of drug-likeness (QED) is 0.758. The van der Waals surface area contributed by atoms with Gasteiger partial charge in [-0.1, -0.05) is 30.3 Å². The maximum atomic E-state index is 12.7. The highest BCUT2D eigenvalue weighted by atomic mass is 16.2. The van der Waals surface area contributed by atoms with Crippen molar-refractivity contribution < 1.29 is 4.79 Å². The van der Waals surface area contributed by atoms with E-state index in [1.165, 1.54) is 0 Å². The number of rotatable bonds is 3. The summed E-state index contributed by atoms with van der Waals surface area (Å²) in [6.07, 6.45) is 3.50. The van der Waals surface area contributed by atoms with Gasteiger partial charge in [-0.2, -0.15) is 5.10 Å². The van der Waals surface area contributed by atoms with E-state index in [1.807, 2.05) is 48.2 Å². The molecular formula is C19H20N6O. The maximum Gasteiger partial charge on any atom is 0.322 e. The Hall–Kier alpha value is -3.22. The molecule has 0 aliphatic carbocycles. The van der Waals surface area contributed by atoms with Crippen molar-refractivity contribution in [2.75, 3.05) is 11.9 Å². The summed E-state index contributed by atoms with van der Waals surface area (Å²) in [5.41, 5.74) is 2.57. The molecule has 1 fully saturated rings. The zero-order valence-electron chi connectivity index (χ0n) is 14.5. The third-order valence-corrected chi connectivity index (χ3v) is 4.51. The number of aromatic amines is 1. The fraction of sp³-hybridized carbons (Fsp3) is 0.263. The summed E-state index contributed by atoms with van der Waals surface area (Å²) < 4.78 is 0. The van der Waals surface area contributed by atoms with Gasteiger partial charge in [0.2, 0.25) is 0 Å². The van der Waals surface area contributed by atoms with Crippen molar-refractivity contribution in [2.24, 2.45) is 0 Å². The number of aryl methyl sites for hydroxylation is 1. The van der Waals surface area contributed by atoms with Crippen molar-refractivity contribution in [1.82, 2.24) is 25.1 Å². The molecule has 2 aromatic heterocycles. The fourth-order valence-corrected chi connectivity index (χ4v) is 3.25. The zero-order chi connectivity index (χ0) is 17.9. The second kappa shape index (κ2) is 6.95. The first kappa shape index (κ1) is 16.3. The molecule has 1 atom stereocenters. The molecule has 1 aliphatic heterocycles. The minimum Gasteiger partial charge on any atom is -0.314 e. The highest BCUT2D eigenvalue weighted by Gasteiger charge is 2.32. The lowest BCUT2D eigenvalue weighted by Gasteiger charge is -2.23. The number of amides is 2. The molecule has 2 amide bonds. The van der Waals surface area contributed by atoms with E-state index in [9.17, 15) is 4.79 Å². The molecule has 0 radical (unpaired) electrons. The van der Waals surface area contributed by atoms with Crippen LogP contribution in [0.5, 0.6) is 0 Å². The molecule has 1 aliphatic rings. The molecule has 7 nitrogen and oxygen atoms in total. The molecule has 3 aromatic rings. The van der Waals surface area contributed by atoms with Crippen molar-refractivity contribution in [1.29, 1.82) is 0 Å². The second-order valence-electron chi connectivity index (χ2n) is 6.38. The molecule has 1 aromatic carbocycles. The predicted molar refractivity (Wildman–Crippen MR) is 98.5 cm³/mol. The van der Waals surface area contributed by atoms with Crippen LogP contribution in [-0.4, -0.2) is 37.6 Å². The number of hydrogen-bond acceptors (Lipinski definition) is 4. The lowest BCUT2D eigenvalue weighted by Crippen LogP contribution is -2.34. The minimum atomic E-state index is -0.129. The van der Waals surface area contributed by atoms with Gasteiger partial charge in [0.1, 0.15) is 5.82 Å². The van der Waals surface area contributed by atoms with Gasteiger partial charge in [-0.25, -0.2) is 9.78 Å². The van der Waals surface area contributed by atoms with Crippen LogP contribution in [0.1, 0.15) is 30.4 Å². The van der Waals surface area contributed by atoms with Gasteiger partial charge in [-0.3, -0.25) is 10.1 Å². The first-order chi connectivity index (χ1) is 12.7. The smallest absolute Gasteiger partial charge is 0.314 e. The number of hydrogen-bond donors (Lipinski definition) is 2. The summed E-state index contributed by atoms with van der Waals surface area (Å²) in [7, 11) is 0. The number of urea groups is 1. The minimum absolute atomic E-state index is 0.0945. The van der Waals surface area contributed by atoms with Crippen LogP contribution < -0.4 is 5.32 Å². The molecular weight excluding hydrogens is 328 g/mol. The van der Waals surface area contributed by atoms with Gasteiger partial charge in [0, 0.05) is 29.7 Å². The monoisotopic (exact) mass is 348 g/mol. The lowest BCUT2D eigenvalue weighted by atomic mass is 10.2. The van der Waals surface area contributed by atoms with Crippen molar-refractivity contribution in [3.63, 3.8) is 0 Å². The highest BCUT2D eigenvalue weighted by Crippen LogP contribution is 2.31. The molecule has 0 saturated carbocycles. The van der Waals surface area contributed by atoms with E-state index in [0.29, 0.717) is 12.4 Å². The Labute approximate surface area is 151 Å². The first-order valence-electron chi connectivity index (χ1n) is 8.69. The van der Waals surface area contributed by atoms with Crippen molar-refractivity contribution in [3.8, 4) is 11.4 Å². The van der Waals surface area contributed by atoms with E-state index < -0.39 is 0 Å². The van der Waals surface area contributed by atoms with Crippen LogP contribution in [-0.2, 0) is 0 Å². The largest absolute Gasteiger partial charge is 0.322 e. The first-order valence-corrected chi connectivity index (χ1v) is 8.69. The average molecular weight is 348 g/mol. The van der Waals surface area contributed by atoms with E-state index in [1.54, 1.807) is 12.3 Å². The summed E-state index contributed by atoms with van der Waals surface area (Å²) in [4.78, 5) is 23.3. The molecule has 7 heteroatoms. The van der Waals surface area contributed by atoms with Gasteiger partial charge in [0.15, 0.2) is 5.82 Å². The number of aromatic nitrogens is 4. The van der Waals surface area contributed by atoms with Crippen LogP contribution in [0, 0.1) is 6.92 Å². The number of H-pyrrole nitrogens is 1. The number of carbonyl (C=O) groups excluding carboxylic acids is 1. The number of likely N-dealkylation sites (tertiary alicyclic amines) is 1. The molecule has 26 heavy (non-hydrogen) atoms. The molecule has 1 unspecified atom stereocenters. The highest BCUT2D eigenvalue weighted by molar-refractivity contribution is 5.89. The molecule has 3 heterocycles. The van der Waals surface area contributed by atoms with Gasteiger partial charge in [0.25, 0.3) is 0 Å². The second-order valence-corrected chi connectivity index (χ2v) is 6.38. The molecule has 132 valence electrons. The van der Waals surface area contributed by atoms with E-state index >= 15 is 0 Å². The Morgan fingerprint density at radius 3 is 2.92 bits per heavy atom. The SMILES string of the molecule is Cc1cc(NC(=O)N2CCCC2c2nc(-c3ccccc3)n[nH]2)ccn1. The van der Waals surface area contributed by atoms with Crippen LogP contribution in [0.25, 0.3) is 11.4 Å². The van der Waals surface area contributed by atoms with E-state index in [2.05, 4.69) is 25.5 Å². The molecule has 0 spiro atoms. The van der Waals surface area contributed by atoms with Gasteiger partial charge < -0.3 is 10.2 Å². The summed E-state index contributed by atoms with van der Waals surface area (Å²) in [5, 5.41) is 10.3. The van der Waals surface area contributed by atoms with Crippen LogP contribution in [0.15, 0.2) is 48.7 Å². The van der Waals surface area contributed by atoms with Crippen LogP contribution in [0.2, 0.25) is 0 Å². The maximum absolute atomic E-state index is 12.7. The topological polar surface area (TPSA) is 86.8 Å². The summed E-state index contributed by atoms with van der Waals surface area (Å²) in [5.74, 6) is 1.38. The van der Waals surface area contributed by atoms with Crippen LogP contribution >= 0.6 is 0 Å². The summed E-state index contributed by atoms with van der Waals surface area (Å²) in [6, 6.07) is 13.2. The van der Waals surface area contributed by atoms with Crippen molar-refractivity contribution in [3.05, 3.63) is 60.2 Å². The summed E-state index contributed by atoms with van der Waals surface area (Å²) >= 11 is 0. The van der Waals surface area contributed by atoms with Gasteiger partial charge in [-0.15, -0.1) is 0 Å². The van der Waals surface area contributed by atoms with Crippen LogP contribution in [0.4, 0.5) is 10.5 Å².